The van der Waals surface area contributed by atoms with Crippen LogP contribution in [0.1, 0.15) is 32.1 Å². The number of methoxy groups -OCH3 is 3. The first-order valence-corrected chi connectivity index (χ1v) is 12.8. The van der Waals surface area contributed by atoms with Gasteiger partial charge in [-0.3, -0.25) is 9.36 Å². The van der Waals surface area contributed by atoms with Crippen molar-refractivity contribution in [3.8, 4) is 22.9 Å². The number of benzene rings is 3. The molecule has 4 aromatic rings. The lowest BCUT2D eigenvalue weighted by atomic mass is 10.1. The summed E-state index contributed by atoms with van der Waals surface area (Å²) >= 11 is 6.24. The van der Waals surface area contributed by atoms with E-state index in [1.54, 1.807) is 79.8 Å². The van der Waals surface area contributed by atoms with Gasteiger partial charge in [-0.2, -0.15) is 0 Å². The van der Waals surface area contributed by atoms with Gasteiger partial charge >= 0.3 is 6.03 Å². The monoisotopic (exact) mass is 550 g/mol. The molecule has 1 aromatic heterocycles. The van der Waals surface area contributed by atoms with Crippen LogP contribution >= 0.6 is 11.6 Å². The number of ether oxygens (including phenoxy) is 3. The van der Waals surface area contributed by atoms with E-state index in [9.17, 15) is 9.59 Å². The lowest BCUT2D eigenvalue weighted by Crippen LogP contribution is -2.40. The van der Waals surface area contributed by atoms with Gasteiger partial charge < -0.3 is 24.4 Å². The summed E-state index contributed by atoms with van der Waals surface area (Å²) in [6.45, 7) is 4.24. The predicted molar refractivity (Wildman–Crippen MR) is 153 cm³/mol. The van der Waals surface area contributed by atoms with Crippen LogP contribution in [-0.4, -0.2) is 48.4 Å². The van der Waals surface area contributed by atoms with Crippen molar-refractivity contribution >= 4 is 34.2 Å². The molecule has 10 heteroatoms. The summed E-state index contributed by atoms with van der Waals surface area (Å²) < 4.78 is 17.5. The van der Waals surface area contributed by atoms with Crippen LogP contribution in [-0.2, 0) is 0 Å². The van der Waals surface area contributed by atoms with Gasteiger partial charge in [-0.05, 0) is 67.9 Å². The van der Waals surface area contributed by atoms with E-state index in [0.29, 0.717) is 63.3 Å². The number of nitrogens with zero attached hydrogens (tertiary/aromatic N) is 3. The maximum atomic E-state index is 13.8. The van der Waals surface area contributed by atoms with E-state index in [1.807, 2.05) is 13.8 Å². The molecule has 0 radical (unpaired) electrons. The van der Waals surface area contributed by atoms with E-state index in [4.69, 9.17) is 30.8 Å². The number of nitrogens with one attached hydrogen (secondary N) is 1. The molecule has 0 fully saturated rings. The molecule has 0 aliphatic carbocycles. The van der Waals surface area contributed by atoms with Crippen molar-refractivity contribution in [2.24, 2.45) is 0 Å². The molecule has 1 N–H and O–H groups in total. The third-order valence-electron chi connectivity index (χ3n) is 6.40. The van der Waals surface area contributed by atoms with Gasteiger partial charge in [0.1, 0.15) is 23.1 Å². The summed E-state index contributed by atoms with van der Waals surface area (Å²) in [7, 11) is 4.66. The summed E-state index contributed by atoms with van der Waals surface area (Å²) in [5.41, 5.74) is 1.27. The van der Waals surface area contributed by atoms with Crippen LogP contribution in [0.5, 0.6) is 17.2 Å². The minimum absolute atomic E-state index is 0.266. The Morgan fingerprint density at radius 3 is 2.33 bits per heavy atom. The summed E-state index contributed by atoms with van der Waals surface area (Å²) in [5, 5.41) is 3.82. The van der Waals surface area contributed by atoms with Crippen molar-refractivity contribution in [1.29, 1.82) is 0 Å². The fourth-order valence-corrected chi connectivity index (χ4v) is 4.54. The highest BCUT2D eigenvalue weighted by atomic mass is 35.5. The molecule has 9 nitrogen and oxygen atoms in total. The highest BCUT2D eigenvalue weighted by Crippen LogP contribution is 2.31. The molecule has 0 spiro atoms. The van der Waals surface area contributed by atoms with Crippen LogP contribution in [0.15, 0.2) is 65.5 Å². The van der Waals surface area contributed by atoms with E-state index in [-0.39, 0.29) is 11.6 Å². The number of carbonyl (C=O) groups is 1. The Bertz CT molecular complexity index is 1540. The van der Waals surface area contributed by atoms with Gasteiger partial charge in [0.2, 0.25) is 0 Å². The summed E-state index contributed by atoms with van der Waals surface area (Å²) in [5.74, 6) is 2.11. The molecular weight excluding hydrogens is 520 g/mol. The number of rotatable bonds is 9. The molecule has 204 valence electrons. The van der Waals surface area contributed by atoms with Gasteiger partial charge in [0.15, 0.2) is 0 Å². The Morgan fingerprint density at radius 1 is 1.00 bits per heavy atom. The van der Waals surface area contributed by atoms with Gasteiger partial charge in [0.25, 0.3) is 5.56 Å². The fourth-order valence-electron chi connectivity index (χ4n) is 4.38. The number of hydrogen-bond acceptors (Lipinski definition) is 6. The number of fused-ring (bicyclic) bond motifs is 1. The molecule has 3 aromatic carbocycles. The second-order valence-corrected chi connectivity index (χ2v) is 9.27. The first kappa shape index (κ1) is 27.8. The number of anilines is 1. The lowest BCUT2D eigenvalue weighted by molar-refractivity contribution is 0.189. The maximum Gasteiger partial charge on any atom is 0.322 e. The van der Waals surface area contributed by atoms with Crippen LogP contribution in [0.3, 0.4) is 0 Å². The molecule has 1 unspecified atom stereocenters. The molecule has 0 bridgehead atoms. The number of halogens is 1. The van der Waals surface area contributed by atoms with Crippen molar-refractivity contribution in [1.82, 2.24) is 14.5 Å². The van der Waals surface area contributed by atoms with Crippen molar-refractivity contribution in [3.63, 3.8) is 0 Å². The average Bonchev–Trinajstić information content (AvgIpc) is 2.95. The largest absolute Gasteiger partial charge is 0.497 e. The fraction of sp³-hybridized carbons (Fsp3) is 0.276. The number of carbonyl (C=O) groups excluding carboxylic acids is 1. The SMILES string of the molecule is CCCN(C(=O)Nc1ccc(OC)cc1OC)C(C)c1nc2cc(Cl)ccc2c(=O)n1-c1ccc(OC)cc1. The Morgan fingerprint density at radius 2 is 1.69 bits per heavy atom. The van der Waals surface area contributed by atoms with Crippen LogP contribution in [0.2, 0.25) is 5.02 Å². The van der Waals surface area contributed by atoms with Crippen LogP contribution in [0, 0.1) is 0 Å². The number of amides is 2. The van der Waals surface area contributed by atoms with Crippen molar-refractivity contribution < 1.29 is 19.0 Å². The molecule has 1 atom stereocenters. The number of urea groups is 1. The third-order valence-corrected chi connectivity index (χ3v) is 6.64. The second kappa shape index (κ2) is 12.1. The highest BCUT2D eigenvalue weighted by Gasteiger charge is 2.27. The van der Waals surface area contributed by atoms with E-state index in [1.165, 1.54) is 11.7 Å². The zero-order valence-corrected chi connectivity index (χ0v) is 23.3. The molecule has 1 heterocycles. The van der Waals surface area contributed by atoms with Crippen molar-refractivity contribution in [3.05, 3.63) is 81.9 Å². The Labute approximate surface area is 231 Å². The van der Waals surface area contributed by atoms with E-state index < -0.39 is 6.04 Å². The van der Waals surface area contributed by atoms with E-state index in [2.05, 4.69) is 5.32 Å². The zero-order chi connectivity index (χ0) is 28.1. The Hall–Kier alpha value is -4.24. The standard InChI is InChI=1S/C29H31ClN4O5/c1-6-15-33(29(36)32-24-14-12-22(38-4)17-26(24)39-5)18(2)27-31-25-16-19(30)7-13-23(25)28(35)34(27)20-8-10-21(37-3)11-9-20/h7-14,16-18H,6,15H2,1-5H3,(H,32,36). The predicted octanol–water partition coefficient (Wildman–Crippen LogP) is 6.07. The first-order chi connectivity index (χ1) is 18.8. The minimum Gasteiger partial charge on any atom is -0.497 e. The molecular formula is C29H31ClN4O5. The molecule has 0 aliphatic heterocycles. The van der Waals surface area contributed by atoms with Crippen LogP contribution in [0.4, 0.5) is 10.5 Å². The molecule has 0 saturated heterocycles. The van der Waals surface area contributed by atoms with Crippen LogP contribution in [0.25, 0.3) is 16.6 Å². The molecule has 39 heavy (non-hydrogen) atoms. The smallest absolute Gasteiger partial charge is 0.322 e. The normalized spacial score (nSPS) is 11.6. The number of hydrogen-bond donors (Lipinski definition) is 1. The zero-order valence-electron chi connectivity index (χ0n) is 22.5. The van der Waals surface area contributed by atoms with Gasteiger partial charge in [0.05, 0.1) is 49.6 Å². The highest BCUT2D eigenvalue weighted by molar-refractivity contribution is 6.31. The van der Waals surface area contributed by atoms with Gasteiger partial charge in [0, 0.05) is 17.6 Å². The topological polar surface area (TPSA) is 94.9 Å². The minimum atomic E-state index is -0.590. The third kappa shape index (κ3) is 5.78. The maximum absolute atomic E-state index is 13.8. The van der Waals surface area contributed by atoms with Gasteiger partial charge in [-0.1, -0.05) is 18.5 Å². The summed E-state index contributed by atoms with van der Waals surface area (Å²) in [4.78, 5) is 33.9. The van der Waals surface area contributed by atoms with Crippen molar-refractivity contribution in [2.45, 2.75) is 26.3 Å². The Kier molecular flexibility index (Phi) is 8.61. The van der Waals surface area contributed by atoms with Crippen molar-refractivity contribution in [2.75, 3.05) is 33.2 Å². The molecule has 2 amide bonds. The molecule has 0 aliphatic rings. The van der Waals surface area contributed by atoms with E-state index >= 15 is 0 Å². The van der Waals surface area contributed by atoms with Crippen LogP contribution < -0.4 is 25.1 Å². The van der Waals surface area contributed by atoms with Gasteiger partial charge in [-0.15, -0.1) is 0 Å². The molecule has 0 saturated carbocycles. The average molecular weight is 551 g/mol. The van der Waals surface area contributed by atoms with Gasteiger partial charge in [-0.25, -0.2) is 9.78 Å². The summed E-state index contributed by atoms with van der Waals surface area (Å²) in [6, 6.07) is 16.3. The first-order valence-electron chi connectivity index (χ1n) is 12.5. The lowest BCUT2D eigenvalue weighted by Gasteiger charge is -2.30. The summed E-state index contributed by atoms with van der Waals surface area (Å²) in [6.07, 6.45) is 0.684. The second-order valence-electron chi connectivity index (χ2n) is 8.84. The quantitative estimate of drug-likeness (QED) is 0.272. The Balaban J connectivity index is 1.82. The number of aromatic nitrogens is 2. The molecule has 4 rings (SSSR count). The van der Waals surface area contributed by atoms with E-state index in [0.717, 1.165) is 0 Å².